The zero-order valence-electron chi connectivity index (χ0n) is 9.86. The number of anilines is 2. The molecular weight excluding hydrogens is 204 g/mol. The summed E-state index contributed by atoms with van der Waals surface area (Å²) in [5.41, 5.74) is 3.48. The van der Waals surface area contributed by atoms with E-state index < -0.39 is 0 Å². The first kappa shape index (κ1) is 12.7. The van der Waals surface area contributed by atoms with Crippen LogP contribution in [0.25, 0.3) is 0 Å². The van der Waals surface area contributed by atoms with Crippen molar-refractivity contribution in [2.45, 2.75) is 13.8 Å². The van der Waals surface area contributed by atoms with Crippen molar-refractivity contribution in [2.24, 2.45) is 11.8 Å². The fourth-order valence-electron chi connectivity index (χ4n) is 1.21. The van der Waals surface area contributed by atoms with Crippen molar-refractivity contribution in [3.05, 3.63) is 18.3 Å². The van der Waals surface area contributed by atoms with Crippen LogP contribution in [0.5, 0.6) is 0 Å². The maximum Gasteiger partial charge on any atom is 0.141 e. The lowest BCUT2D eigenvalue weighted by molar-refractivity contribution is 0.118. The molecule has 0 aliphatic heterocycles. The van der Waals surface area contributed by atoms with E-state index >= 15 is 0 Å². The van der Waals surface area contributed by atoms with Gasteiger partial charge in [0.2, 0.25) is 0 Å². The van der Waals surface area contributed by atoms with Crippen LogP contribution in [0.15, 0.2) is 18.3 Å². The number of nitrogens with zero attached hydrogens (tertiary/aromatic N) is 1. The first-order valence-electron chi connectivity index (χ1n) is 5.46. The van der Waals surface area contributed by atoms with Crippen molar-refractivity contribution in [1.82, 2.24) is 4.98 Å². The summed E-state index contributed by atoms with van der Waals surface area (Å²) in [5.74, 6) is 6.49. The molecule has 0 aliphatic carbocycles. The van der Waals surface area contributed by atoms with Crippen molar-refractivity contribution >= 4 is 11.5 Å². The van der Waals surface area contributed by atoms with Gasteiger partial charge in [0.15, 0.2) is 0 Å². The Morgan fingerprint density at radius 2 is 2.31 bits per heavy atom. The number of ether oxygens (including phenoxy) is 1. The molecule has 0 radical (unpaired) electrons. The molecule has 16 heavy (non-hydrogen) atoms. The Labute approximate surface area is 96.4 Å². The van der Waals surface area contributed by atoms with E-state index in [1.165, 1.54) is 0 Å². The highest BCUT2D eigenvalue weighted by Gasteiger charge is 1.96. The van der Waals surface area contributed by atoms with Gasteiger partial charge in [-0.2, -0.15) is 0 Å². The molecule has 4 N–H and O–H groups in total. The van der Waals surface area contributed by atoms with E-state index in [0.717, 1.165) is 18.8 Å². The summed E-state index contributed by atoms with van der Waals surface area (Å²) >= 11 is 0. The van der Waals surface area contributed by atoms with Gasteiger partial charge in [0, 0.05) is 31.1 Å². The van der Waals surface area contributed by atoms with Crippen LogP contribution in [-0.2, 0) is 4.74 Å². The van der Waals surface area contributed by atoms with Gasteiger partial charge in [-0.3, -0.25) is 0 Å². The third-order valence-corrected chi connectivity index (χ3v) is 1.93. The minimum atomic E-state index is 0.578. The highest BCUT2D eigenvalue weighted by molar-refractivity contribution is 5.51. The van der Waals surface area contributed by atoms with Crippen LogP contribution in [0.4, 0.5) is 11.5 Å². The SMILES string of the molecule is CC(C)COCCNc1ccnc(NN)c1. The topological polar surface area (TPSA) is 72.2 Å². The van der Waals surface area contributed by atoms with E-state index in [9.17, 15) is 0 Å². The van der Waals surface area contributed by atoms with Gasteiger partial charge in [-0.1, -0.05) is 13.8 Å². The lowest BCUT2D eigenvalue weighted by Gasteiger charge is -2.09. The first-order chi connectivity index (χ1) is 7.72. The molecular formula is C11H20N4O. The molecule has 1 aromatic rings. The van der Waals surface area contributed by atoms with Crippen LogP contribution in [0.2, 0.25) is 0 Å². The maximum atomic E-state index is 5.45. The normalized spacial score (nSPS) is 10.5. The fourth-order valence-corrected chi connectivity index (χ4v) is 1.21. The van der Waals surface area contributed by atoms with E-state index in [4.69, 9.17) is 10.6 Å². The molecule has 0 bridgehead atoms. The standard InChI is InChI=1S/C11H20N4O/c1-9(2)8-16-6-5-13-10-3-4-14-11(7-10)15-12/h3-4,7,9H,5-6,8,12H2,1-2H3,(H2,13,14,15). The molecule has 0 saturated heterocycles. The van der Waals surface area contributed by atoms with Crippen LogP contribution < -0.4 is 16.6 Å². The summed E-state index contributed by atoms with van der Waals surface area (Å²) in [6.45, 7) is 6.55. The molecule has 0 amide bonds. The molecule has 0 fully saturated rings. The van der Waals surface area contributed by atoms with E-state index in [1.807, 2.05) is 12.1 Å². The summed E-state index contributed by atoms with van der Waals surface area (Å²) in [6.07, 6.45) is 1.70. The van der Waals surface area contributed by atoms with Crippen LogP contribution in [0.1, 0.15) is 13.8 Å². The van der Waals surface area contributed by atoms with E-state index in [1.54, 1.807) is 6.20 Å². The molecule has 90 valence electrons. The number of nitrogens with one attached hydrogen (secondary N) is 2. The average molecular weight is 224 g/mol. The maximum absolute atomic E-state index is 5.45. The van der Waals surface area contributed by atoms with Gasteiger partial charge in [0.1, 0.15) is 5.82 Å². The third-order valence-electron chi connectivity index (χ3n) is 1.93. The minimum Gasteiger partial charge on any atom is -0.383 e. The van der Waals surface area contributed by atoms with Crippen LogP contribution >= 0.6 is 0 Å². The number of hydrogen-bond donors (Lipinski definition) is 3. The third kappa shape index (κ3) is 4.95. The Morgan fingerprint density at radius 3 is 3.00 bits per heavy atom. The Balaban J connectivity index is 2.21. The highest BCUT2D eigenvalue weighted by atomic mass is 16.5. The van der Waals surface area contributed by atoms with Gasteiger partial charge in [-0.25, -0.2) is 10.8 Å². The summed E-state index contributed by atoms with van der Waals surface area (Å²) < 4.78 is 5.45. The predicted molar refractivity (Wildman–Crippen MR) is 66.2 cm³/mol. The van der Waals surface area contributed by atoms with Crippen LogP contribution in [0.3, 0.4) is 0 Å². The Morgan fingerprint density at radius 1 is 1.50 bits per heavy atom. The number of aromatic nitrogens is 1. The Kier molecular flexibility index (Phi) is 5.60. The molecule has 0 unspecified atom stereocenters. The predicted octanol–water partition coefficient (Wildman–Crippen LogP) is 1.45. The van der Waals surface area contributed by atoms with Crippen LogP contribution in [0, 0.1) is 5.92 Å². The summed E-state index contributed by atoms with van der Waals surface area (Å²) in [4.78, 5) is 4.02. The quantitative estimate of drug-likeness (QED) is 0.371. The molecule has 1 rings (SSSR count). The number of rotatable bonds is 7. The molecule has 0 saturated carbocycles. The largest absolute Gasteiger partial charge is 0.383 e. The molecule has 1 aromatic heterocycles. The van der Waals surface area contributed by atoms with E-state index in [2.05, 4.69) is 29.6 Å². The zero-order chi connectivity index (χ0) is 11.8. The molecule has 5 heteroatoms. The lowest BCUT2D eigenvalue weighted by Crippen LogP contribution is -2.13. The number of hydrogen-bond acceptors (Lipinski definition) is 5. The average Bonchev–Trinajstić information content (AvgIpc) is 2.28. The van der Waals surface area contributed by atoms with Gasteiger partial charge < -0.3 is 15.5 Å². The van der Waals surface area contributed by atoms with Crippen molar-refractivity contribution < 1.29 is 4.74 Å². The number of nitrogens with two attached hydrogens (primary N) is 1. The molecule has 0 aliphatic rings. The molecule has 1 heterocycles. The zero-order valence-corrected chi connectivity index (χ0v) is 9.86. The first-order valence-corrected chi connectivity index (χ1v) is 5.46. The minimum absolute atomic E-state index is 0.578. The van der Waals surface area contributed by atoms with Crippen molar-refractivity contribution in [1.29, 1.82) is 0 Å². The van der Waals surface area contributed by atoms with Gasteiger partial charge in [0.05, 0.1) is 6.61 Å². The monoisotopic (exact) mass is 224 g/mol. The molecule has 0 aromatic carbocycles. The Hall–Kier alpha value is -1.33. The van der Waals surface area contributed by atoms with Gasteiger partial charge in [-0.05, 0) is 12.0 Å². The van der Waals surface area contributed by atoms with Crippen molar-refractivity contribution in [2.75, 3.05) is 30.5 Å². The Bertz CT molecular complexity index is 304. The second-order valence-corrected chi connectivity index (χ2v) is 3.97. The summed E-state index contributed by atoms with van der Waals surface area (Å²) in [5, 5.41) is 3.23. The van der Waals surface area contributed by atoms with Gasteiger partial charge in [0.25, 0.3) is 0 Å². The smallest absolute Gasteiger partial charge is 0.141 e. The number of hydrazine groups is 1. The van der Waals surface area contributed by atoms with Crippen molar-refractivity contribution in [3.8, 4) is 0 Å². The second kappa shape index (κ2) is 7.03. The number of nitrogen functional groups attached to an aromatic ring is 1. The summed E-state index contributed by atoms with van der Waals surface area (Å²) in [6, 6.07) is 3.74. The highest BCUT2D eigenvalue weighted by Crippen LogP contribution is 2.09. The van der Waals surface area contributed by atoms with Crippen molar-refractivity contribution in [3.63, 3.8) is 0 Å². The molecule has 0 spiro atoms. The summed E-state index contributed by atoms with van der Waals surface area (Å²) in [7, 11) is 0. The van der Waals surface area contributed by atoms with Gasteiger partial charge in [-0.15, -0.1) is 0 Å². The molecule has 5 nitrogen and oxygen atoms in total. The van der Waals surface area contributed by atoms with E-state index in [0.29, 0.717) is 18.3 Å². The second-order valence-electron chi connectivity index (χ2n) is 3.97. The molecule has 0 atom stereocenters. The van der Waals surface area contributed by atoms with Gasteiger partial charge >= 0.3 is 0 Å². The number of pyridine rings is 1. The lowest BCUT2D eigenvalue weighted by atomic mass is 10.2. The fraction of sp³-hybridized carbons (Fsp3) is 0.545. The van der Waals surface area contributed by atoms with Crippen LogP contribution in [-0.4, -0.2) is 24.7 Å². The van der Waals surface area contributed by atoms with E-state index in [-0.39, 0.29) is 0 Å².